The molecule has 0 aliphatic rings. The minimum absolute atomic E-state index is 0. The molecule has 3 aromatic rings. The molecule has 3 rings (SSSR count). The maximum atomic E-state index is 10.9. The van der Waals surface area contributed by atoms with E-state index in [9.17, 15) is 84.7 Å². The number of aromatic carboxylic acids is 6. The molecule has 0 heterocycles. The van der Waals surface area contributed by atoms with E-state index < -0.39 is 114 Å². The molecule has 3 N–H and O–H groups in total. The quantitative estimate of drug-likeness (QED) is 0.133. The molecule has 26 heteroatoms. The zero-order chi connectivity index (χ0) is 37.5. The summed E-state index contributed by atoms with van der Waals surface area (Å²) in [6, 6.07) is 7.75. The van der Waals surface area contributed by atoms with Gasteiger partial charge in [-0.3, -0.25) is 13.7 Å². The predicted octanol–water partition coefficient (Wildman–Crippen LogP) is -7.02. The van der Waals surface area contributed by atoms with Gasteiger partial charge in [-0.2, -0.15) is 25.3 Å². The molecule has 0 aliphatic heterocycles. The van der Waals surface area contributed by atoms with Crippen LogP contribution in [0.25, 0.3) is 0 Å². The van der Waals surface area contributed by atoms with Crippen LogP contribution in [0.4, 0.5) is 0 Å². The molecule has 268 valence electrons. The van der Waals surface area contributed by atoms with E-state index in [4.69, 9.17) is 13.7 Å². The molecule has 0 saturated carbocycles. The summed E-state index contributed by atoms with van der Waals surface area (Å²) in [7, 11) is -15.0. The minimum atomic E-state index is -5.00. The van der Waals surface area contributed by atoms with Gasteiger partial charge in [0.2, 0.25) is 0 Å². The average Bonchev–Trinajstić information content (AvgIpc) is 2.95. The number of carboxylic acid groups (broad SMARTS) is 6. The Balaban J connectivity index is 0. The Morgan fingerprint density at radius 2 is 0.480 bits per heavy atom. The summed E-state index contributed by atoms with van der Waals surface area (Å²) in [6.07, 6.45) is 0. The van der Waals surface area contributed by atoms with Crippen LogP contribution in [-0.4, -0.2) is 74.7 Å². The number of carboxylic acids is 6. The van der Waals surface area contributed by atoms with E-state index >= 15 is 0 Å². The van der Waals surface area contributed by atoms with Gasteiger partial charge in [-0.1, -0.05) is 54.6 Å². The molecule has 0 unspecified atom stereocenters. The van der Waals surface area contributed by atoms with Gasteiger partial charge in [-0.25, -0.2) is 0 Å². The number of rotatable bonds is 9. The molecule has 21 nitrogen and oxygen atoms in total. The molecule has 0 aliphatic carbocycles. The predicted molar refractivity (Wildman–Crippen MR) is 135 cm³/mol. The van der Waals surface area contributed by atoms with Crippen molar-refractivity contribution in [3.8, 4) is 0 Å². The van der Waals surface area contributed by atoms with Crippen molar-refractivity contribution < 1.29 is 132 Å². The first-order valence-corrected chi connectivity index (χ1v) is 15.7. The maximum Gasteiger partial charge on any atom is 3.00 e. The molecule has 0 amide bonds. The molecular weight excluding hydrogens is 832 g/mol. The zero-order valence-corrected chi connectivity index (χ0v) is 28.0. The Morgan fingerprint density at radius 3 is 0.560 bits per heavy atom. The second kappa shape index (κ2) is 18.3. The van der Waals surface area contributed by atoms with E-state index in [0.29, 0.717) is 0 Å². The largest absolute Gasteiger partial charge is 3.00 e. The van der Waals surface area contributed by atoms with Gasteiger partial charge >= 0.3 is 34.1 Å². The molecule has 0 spiro atoms. The van der Waals surface area contributed by atoms with Gasteiger partial charge in [0.1, 0.15) is 14.7 Å². The molecule has 0 bridgehead atoms. The molecule has 0 atom stereocenters. The van der Waals surface area contributed by atoms with Crippen molar-refractivity contribution in [2.75, 3.05) is 0 Å². The standard InChI is InChI=1S/3C8H6O7S.2Fe/c3*9-7(10)4-2-1-3-5(8(11)12)6(4)16(13,14)15;;/h3*1-3H,(H,9,10)(H,11,12)(H,13,14,15);;/q;;;2*+3/p-6. The van der Waals surface area contributed by atoms with Gasteiger partial charge < -0.3 is 59.4 Å². The molecule has 0 aromatic heterocycles. The van der Waals surface area contributed by atoms with E-state index in [2.05, 4.69) is 0 Å². The summed E-state index contributed by atoms with van der Waals surface area (Å²) in [5, 5.41) is 63.3. The van der Waals surface area contributed by atoms with E-state index in [1.54, 1.807) is 0 Å². The molecule has 0 saturated heterocycles. The first-order chi connectivity index (χ1) is 21.7. The zero-order valence-electron chi connectivity index (χ0n) is 23.3. The molecule has 0 fully saturated rings. The van der Waals surface area contributed by atoms with Gasteiger partial charge in [0.05, 0.1) is 35.8 Å². The second-order valence-electron chi connectivity index (χ2n) is 8.20. The smallest absolute Gasteiger partial charge is 0.545 e. The second-order valence-corrected chi connectivity index (χ2v) is 12.3. The monoisotopic (exact) mass is 844 g/mol. The van der Waals surface area contributed by atoms with Crippen LogP contribution in [0, 0.1) is 0 Å². The van der Waals surface area contributed by atoms with Crippen molar-refractivity contribution >= 4 is 66.2 Å². The van der Waals surface area contributed by atoms with E-state index in [-0.39, 0.29) is 34.1 Å². The fourth-order valence-electron chi connectivity index (χ4n) is 3.41. The Bertz CT molecular complexity index is 1830. The topological polar surface area (TPSA) is 404 Å². The van der Waals surface area contributed by atoms with Crippen LogP contribution in [0.3, 0.4) is 0 Å². The van der Waals surface area contributed by atoms with E-state index in [1.807, 2.05) is 0 Å². The Hall–Kier alpha value is -4.75. The SMILES string of the molecule is O=C([O-])c1cccc(C(=O)[O-])c1S(=O)(=O)O.O=C([O-])c1cccc(C(=O)[O-])c1S(=O)(=O)O.O=C([O-])c1cccc(C(=O)[O-])c1S(=O)(=O)O.[Fe+3].[Fe+3]. The number of hydrogen-bond acceptors (Lipinski definition) is 18. The average molecular weight is 844 g/mol. The fourth-order valence-corrected chi connectivity index (χ4v) is 5.98. The van der Waals surface area contributed by atoms with Gasteiger partial charge in [0, 0.05) is 33.4 Å². The number of benzene rings is 3. The first kappa shape index (κ1) is 47.4. The van der Waals surface area contributed by atoms with E-state index in [0.717, 1.165) is 54.6 Å². The van der Waals surface area contributed by atoms with Crippen LogP contribution in [0.15, 0.2) is 69.3 Å². The minimum Gasteiger partial charge on any atom is -0.545 e. The van der Waals surface area contributed by atoms with Gasteiger partial charge in [0.15, 0.2) is 0 Å². The Kier molecular flexibility index (Phi) is 17.3. The summed E-state index contributed by atoms with van der Waals surface area (Å²) in [4.78, 5) is 59.5. The third-order valence-electron chi connectivity index (χ3n) is 5.14. The van der Waals surface area contributed by atoms with Gasteiger partial charge in [0.25, 0.3) is 30.4 Å². The number of hydrogen-bond donors (Lipinski definition) is 3. The van der Waals surface area contributed by atoms with Crippen LogP contribution in [0.1, 0.15) is 62.1 Å². The van der Waals surface area contributed by atoms with Crippen LogP contribution in [0.2, 0.25) is 0 Å². The van der Waals surface area contributed by atoms with Crippen molar-refractivity contribution in [1.82, 2.24) is 0 Å². The summed E-state index contributed by atoms with van der Waals surface area (Å²) in [5.74, 6) is -11.5. The Labute approximate surface area is 300 Å². The number of carbonyl (C=O) groups is 6. The van der Waals surface area contributed by atoms with Crippen molar-refractivity contribution in [1.29, 1.82) is 0 Å². The third-order valence-corrected chi connectivity index (χ3v) is 8.01. The van der Waals surface area contributed by atoms with E-state index in [1.165, 1.54) is 0 Å². The maximum absolute atomic E-state index is 10.9. The molecular formula is C24H12Fe2O21S3. The summed E-state index contributed by atoms with van der Waals surface area (Å²) in [6.45, 7) is 0. The summed E-state index contributed by atoms with van der Waals surface area (Å²) < 4.78 is 91.4. The Morgan fingerprint density at radius 1 is 0.360 bits per heavy atom. The summed E-state index contributed by atoms with van der Waals surface area (Å²) >= 11 is 0. The van der Waals surface area contributed by atoms with Crippen LogP contribution in [0.5, 0.6) is 0 Å². The van der Waals surface area contributed by atoms with Gasteiger partial charge in [-0.15, -0.1) is 0 Å². The van der Waals surface area contributed by atoms with Crippen molar-refractivity contribution in [2.45, 2.75) is 14.7 Å². The summed E-state index contributed by atoms with van der Waals surface area (Å²) in [5.41, 5.74) is -5.64. The molecule has 3 aromatic carbocycles. The first-order valence-electron chi connectivity index (χ1n) is 11.3. The third kappa shape index (κ3) is 12.3. The van der Waals surface area contributed by atoms with Gasteiger partial charge in [-0.05, 0) is 0 Å². The van der Waals surface area contributed by atoms with Crippen molar-refractivity contribution in [3.63, 3.8) is 0 Å². The van der Waals surface area contributed by atoms with Crippen LogP contribution >= 0.6 is 0 Å². The van der Waals surface area contributed by atoms with Crippen LogP contribution < -0.4 is 30.6 Å². The normalized spacial score (nSPS) is 10.6. The molecule has 2 radical (unpaired) electrons. The fraction of sp³-hybridized carbons (Fsp3) is 0. The number of carbonyl (C=O) groups excluding carboxylic acids is 6. The molecule has 50 heavy (non-hydrogen) atoms. The van der Waals surface area contributed by atoms with Crippen molar-refractivity contribution in [3.05, 3.63) is 88.0 Å². The van der Waals surface area contributed by atoms with Crippen LogP contribution in [-0.2, 0) is 64.5 Å². The van der Waals surface area contributed by atoms with Crippen molar-refractivity contribution in [2.24, 2.45) is 0 Å².